The minimum absolute atomic E-state index is 0.124. The Morgan fingerprint density at radius 2 is 2.04 bits per heavy atom. The van der Waals surface area contributed by atoms with Crippen LogP contribution in [0.15, 0.2) is 30.7 Å². The summed E-state index contributed by atoms with van der Waals surface area (Å²) in [6.45, 7) is 1.19. The largest absolute Gasteiger partial charge is 0.391 e. The van der Waals surface area contributed by atoms with Gasteiger partial charge in [0.15, 0.2) is 5.65 Å². The second kappa shape index (κ2) is 5.72. The molecule has 4 rings (SSSR count). The Labute approximate surface area is 139 Å². The lowest BCUT2D eigenvalue weighted by molar-refractivity contribution is 0.148. The van der Waals surface area contributed by atoms with Gasteiger partial charge in [-0.3, -0.25) is 9.67 Å². The molecule has 0 aromatic carbocycles. The third kappa shape index (κ3) is 2.54. The standard InChI is InChI=1S/C16H19N7O/c1-22-15-12(7-19-22)14(17)20-16(21-15)23-8-11(13(24)9-23)6-10-2-4-18-5-3-10/h2-5,7,11,13,24H,6,8-9H2,1H3,(H2,17,20,21)/t11-,13-/m1/s1. The molecule has 2 atom stereocenters. The van der Waals surface area contributed by atoms with Gasteiger partial charge < -0.3 is 15.7 Å². The van der Waals surface area contributed by atoms with Crippen LogP contribution in [0.1, 0.15) is 5.56 Å². The molecule has 1 saturated heterocycles. The number of aryl methyl sites for hydroxylation is 1. The van der Waals surface area contributed by atoms with Crippen LogP contribution >= 0.6 is 0 Å². The van der Waals surface area contributed by atoms with Gasteiger partial charge in [0.05, 0.1) is 17.7 Å². The van der Waals surface area contributed by atoms with Crippen molar-refractivity contribution in [1.82, 2.24) is 24.7 Å². The molecule has 0 saturated carbocycles. The fourth-order valence-electron chi connectivity index (χ4n) is 3.21. The molecule has 1 fully saturated rings. The van der Waals surface area contributed by atoms with Crippen molar-refractivity contribution >= 4 is 22.8 Å². The number of aliphatic hydroxyl groups excluding tert-OH is 1. The first-order valence-electron chi connectivity index (χ1n) is 7.89. The fourth-order valence-corrected chi connectivity index (χ4v) is 3.21. The minimum Gasteiger partial charge on any atom is -0.391 e. The number of aliphatic hydroxyl groups is 1. The zero-order valence-electron chi connectivity index (χ0n) is 13.4. The number of fused-ring (bicyclic) bond motifs is 1. The number of aromatic nitrogens is 5. The van der Waals surface area contributed by atoms with Crippen LogP contribution in [-0.2, 0) is 13.5 Å². The third-order valence-corrected chi connectivity index (χ3v) is 4.55. The highest BCUT2D eigenvalue weighted by Crippen LogP contribution is 2.27. The highest BCUT2D eigenvalue weighted by Gasteiger charge is 2.33. The summed E-state index contributed by atoms with van der Waals surface area (Å²) in [5.74, 6) is 1.08. The molecule has 0 bridgehead atoms. The van der Waals surface area contributed by atoms with Crippen LogP contribution in [0.4, 0.5) is 11.8 Å². The quantitative estimate of drug-likeness (QED) is 0.717. The zero-order valence-corrected chi connectivity index (χ0v) is 13.4. The van der Waals surface area contributed by atoms with Crippen molar-refractivity contribution in [3.63, 3.8) is 0 Å². The monoisotopic (exact) mass is 325 g/mol. The molecule has 8 nitrogen and oxygen atoms in total. The van der Waals surface area contributed by atoms with Crippen LogP contribution in [0.2, 0.25) is 0 Å². The van der Waals surface area contributed by atoms with Gasteiger partial charge in [-0.25, -0.2) is 0 Å². The van der Waals surface area contributed by atoms with E-state index < -0.39 is 6.10 Å². The van der Waals surface area contributed by atoms with Crippen LogP contribution in [-0.4, -0.2) is 49.0 Å². The van der Waals surface area contributed by atoms with E-state index in [1.807, 2.05) is 24.1 Å². The Kier molecular flexibility index (Phi) is 3.53. The average molecular weight is 325 g/mol. The van der Waals surface area contributed by atoms with Gasteiger partial charge in [0.2, 0.25) is 5.95 Å². The number of nitrogens with two attached hydrogens (primary N) is 1. The predicted octanol–water partition coefficient (Wildman–Crippen LogP) is 0.380. The van der Waals surface area contributed by atoms with E-state index in [4.69, 9.17) is 5.73 Å². The van der Waals surface area contributed by atoms with Crippen molar-refractivity contribution in [1.29, 1.82) is 0 Å². The zero-order chi connectivity index (χ0) is 16.7. The topological polar surface area (TPSA) is 106 Å². The summed E-state index contributed by atoms with van der Waals surface area (Å²) >= 11 is 0. The summed E-state index contributed by atoms with van der Waals surface area (Å²) < 4.78 is 1.68. The van der Waals surface area contributed by atoms with Crippen molar-refractivity contribution in [2.24, 2.45) is 13.0 Å². The summed E-state index contributed by atoms with van der Waals surface area (Å²) in [5.41, 5.74) is 7.89. The van der Waals surface area contributed by atoms with Crippen molar-refractivity contribution in [2.75, 3.05) is 23.7 Å². The molecule has 0 spiro atoms. The molecule has 3 aromatic heterocycles. The maximum Gasteiger partial charge on any atom is 0.229 e. The minimum atomic E-state index is -0.426. The van der Waals surface area contributed by atoms with Crippen LogP contribution in [0.5, 0.6) is 0 Å². The van der Waals surface area contributed by atoms with E-state index in [0.717, 1.165) is 11.8 Å². The number of nitrogen functional groups attached to an aromatic ring is 1. The molecule has 0 radical (unpaired) electrons. The number of hydrogen-bond donors (Lipinski definition) is 2. The number of anilines is 2. The number of β-amino-alcohol motifs (C(OH)–C–C–N with tert-alkyl or cyclic N) is 1. The average Bonchev–Trinajstić information content (AvgIpc) is 3.13. The molecule has 3 aromatic rings. The smallest absolute Gasteiger partial charge is 0.229 e. The van der Waals surface area contributed by atoms with Crippen LogP contribution < -0.4 is 10.6 Å². The van der Waals surface area contributed by atoms with Crippen molar-refractivity contribution in [3.05, 3.63) is 36.3 Å². The van der Waals surface area contributed by atoms with Gasteiger partial charge in [-0.1, -0.05) is 0 Å². The molecular formula is C16H19N7O. The lowest BCUT2D eigenvalue weighted by atomic mass is 9.97. The van der Waals surface area contributed by atoms with Crippen LogP contribution in [0, 0.1) is 5.92 Å². The Bertz CT molecular complexity index is 863. The molecule has 124 valence electrons. The molecule has 4 heterocycles. The number of pyridine rings is 1. The summed E-state index contributed by atoms with van der Waals surface area (Å²) in [6.07, 6.45) is 5.58. The van der Waals surface area contributed by atoms with Crippen molar-refractivity contribution in [3.8, 4) is 0 Å². The molecule has 1 aliphatic rings. The molecule has 24 heavy (non-hydrogen) atoms. The van der Waals surface area contributed by atoms with Gasteiger partial charge in [-0.05, 0) is 24.1 Å². The van der Waals surface area contributed by atoms with Gasteiger partial charge in [0.1, 0.15) is 5.82 Å². The van der Waals surface area contributed by atoms with E-state index in [1.165, 1.54) is 5.56 Å². The lowest BCUT2D eigenvalue weighted by Gasteiger charge is -2.16. The molecule has 0 aliphatic carbocycles. The van der Waals surface area contributed by atoms with Gasteiger partial charge in [-0.2, -0.15) is 15.1 Å². The highest BCUT2D eigenvalue weighted by atomic mass is 16.3. The van der Waals surface area contributed by atoms with E-state index >= 15 is 0 Å². The normalized spacial score (nSPS) is 20.8. The second-order valence-corrected chi connectivity index (χ2v) is 6.21. The van der Waals surface area contributed by atoms with E-state index in [9.17, 15) is 5.11 Å². The first-order valence-corrected chi connectivity index (χ1v) is 7.89. The fraction of sp³-hybridized carbons (Fsp3) is 0.375. The van der Waals surface area contributed by atoms with Crippen LogP contribution in [0.25, 0.3) is 11.0 Å². The Morgan fingerprint density at radius 1 is 1.25 bits per heavy atom. The van der Waals surface area contributed by atoms with Gasteiger partial charge in [0.25, 0.3) is 0 Å². The summed E-state index contributed by atoms with van der Waals surface area (Å²) in [5, 5.41) is 15.3. The van der Waals surface area contributed by atoms with Gasteiger partial charge >= 0.3 is 0 Å². The molecule has 0 unspecified atom stereocenters. The maximum absolute atomic E-state index is 10.4. The second-order valence-electron chi connectivity index (χ2n) is 6.21. The Balaban J connectivity index is 1.58. The summed E-state index contributed by atoms with van der Waals surface area (Å²) in [4.78, 5) is 15.0. The number of rotatable bonds is 3. The maximum atomic E-state index is 10.4. The molecule has 8 heteroatoms. The molecular weight excluding hydrogens is 306 g/mol. The first kappa shape index (κ1) is 14.8. The van der Waals surface area contributed by atoms with E-state index in [1.54, 1.807) is 23.3 Å². The molecule has 3 N–H and O–H groups in total. The molecule has 1 aliphatic heterocycles. The number of hydrogen-bond acceptors (Lipinski definition) is 7. The highest BCUT2D eigenvalue weighted by molar-refractivity contribution is 5.86. The predicted molar refractivity (Wildman–Crippen MR) is 90.4 cm³/mol. The first-order chi connectivity index (χ1) is 11.6. The van der Waals surface area contributed by atoms with Gasteiger partial charge in [-0.15, -0.1) is 0 Å². The third-order valence-electron chi connectivity index (χ3n) is 4.55. The SMILES string of the molecule is Cn1ncc2c(N)nc(N3C[C@@H](Cc4ccncc4)[C@H](O)C3)nc21. The van der Waals surface area contributed by atoms with Crippen LogP contribution in [0.3, 0.4) is 0 Å². The van der Waals surface area contributed by atoms with E-state index in [0.29, 0.717) is 30.5 Å². The summed E-state index contributed by atoms with van der Waals surface area (Å²) in [7, 11) is 1.82. The van der Waals surface area contributed by atoms with Crippen molar-refractivity contribution < 1.29 is 5.11 Å². The van der Waals surface area contributed by atoms with Crippen molar-refractivity contribution in [2.45, 2.75) is 12.5 Å². The summed E-state index contributed by atoms with van der Waals surface area (Å²) in [6, 6.07) is 3.96. The Hall–Kier alpha value is -2.74. The van der Waals surface area contributed by atoms with E-state index in [-0.39, 0.29) is 5.92 Å². The number of nitrogens with zero attached hydrogens (tertiary/aromatic N) is 6. The lowest BCUT2D eigenvalue weighted by Crippen LogP contribution is -2.23. The van der Waals surface area contributed by atoms with E-state index in [2.05, 4.69) is 20.1 Å². The van der Waals surface area contributed by atoms with Gasteiger partial charge in [0, 0.05) is 38.4 Å². The Morgan fingerprint density at radius 3 is 2.83 bits per heavy atom. The molecule has 0 amide bonds.